The molecular weight excluding hydrogens is 640 g/mol. The van der Waals surface area contributed by atoms with Gasteiger partial charge in [-0.15, -0.1) is 0 Å². The molecule has 1 aliphatic heterocycles. The standard InChI is InChI=1S/C42H50N4O5/c1-46-38(50-14-12-34-11-10-31-9-6-13-43-41(31)44-34)22-35(45-46)18-32(21-39(47)48)33-19-36(42-23-28-15-29(24-42)17-30(16-28)25-42)40(37(20-33)49-2)51-26-27-7-4-3-5-8-27/h3-5,7-8,10-11,19-20,22,28-30,32H,6,9,12-18,21,23-26H2,1-2H3,(H,43,44)(H,47,48). The molecule has 9 rings (SSSR count). The Labute approximate surface area is 300 Å². The predicted octanol–water partition coefficient (Wildman–Crippen LogP) is 7.65. The molecule has 2 N–H and O–H groups in total. The molecule has 268 valence electrons. The second-order valence-electron chi connectivity index (χ2n) is 15.6. The van der Waals surface area contributed by atoms with Gasteiger partial charge in [0.05, 0.1) is 25.8 Å². The number of hydrogen-bond donors (Lipinski definition) is 2. The molecule has 1 unspecified atom stereocenters. The van der Waals surface area contributed by atoms with Crippen molar-refractivity contribution in [2.24, 2.45) is 24.8 Å². The molecule has 4 saturated carbocycles. The molecule has 1 atom stereocenters. The van der Waals surface area contributed by atoms with Crippen molar-refractivity contribution in [2.75, 3.05) is 25.6 Å². The van der Waals surface area contributed by atoms with Gasteiger partial charge in [-0.25, -0.2) is 9.67 Å². The molecule has 2 aromatic carbocycles. The number of benzene rings is 2. The van der Waals surface area contributed by atoms with Crippen molar-refractivity contribution in [2.45, 2.75) is 88.6 Å². The van der Waals surface area contributed by atoms with Crippen LogP contribution in [0.4, 0.5) is 5.82 Å². The Kier molecular flexibility index (Phi) is 9.38. The van der Waals surface area contributed by atoms with E-state index in [1.54, 1.807) is 11.8 Å². The van der Waals surface area contributed by atoms with E-state index in [-0.39, 0.29) is 17.8 Å². The number of hydrogen-bond acceptors (Lipinski definition) is 7. The molecule has 4 aliphatic carbocycles. The quantitative estimate of drug-likeness (QED) is 0.139. The largest absolute Gasteiger partial charge is 0.493 e. The molecule has 0 spiro atoms. The van der Waals surface area contributed by atoms with E-state index in [0.29, 0.717) is 37.7 Å². The van der Waals surface area contributed by atoms with Crippen LogP contribution in [0.3, 0.4) is 0 Å². The Bertz CT molecular complexity index is 1840. The van der Waals surface area contributed by atoms with Crippen LogP contribution in [-0.2, 0) is 43.1 Å². The number of aryl methyl sites for hydroxylation is 2. The van der Waals surface area contributed by atoms with Crippen molar-refractivity contribution in [3.05, 3.63) is 94.3 Å². The Hall–Kier alpha value is -4.53. The highest BCUT2D eigenvalue weighted by atomic mass is 16.5. The normalized spacial score (nSPS) is 23.7. The molecule has 9 heteroatoms. The summed E-state index contributed by atoms with van der Waals surface area (Å²) in [6.45, 7) is 1.88. The molecule has 2 aromatic heterocycles. The highest BCUT2D eigenvalue weighted by molar-refractivity contribution is 5.68. The van der Waals surface area contributed by atoms with Gasteiger partial charge in [-0.3, -0.25) is 4.79 Å². The summed E-state index contributed by atoms with van der Waals surface area (Å²) in [5.41, 5.74) is 6.36. The van der Waals surface area contributed by atoms with Gasteiger partial charge in [-0.1, -0.05) is 42.5 Å². The summed E-state index contributed by atoms with van der Waals surface area (Å²) in [6, 6.07) is 20.8. The molecule has 0 radical (unpaired) electrons. The number of aliphatic carboxylic acids is 1. The van der Waals surface area contributed by atoms with Crippen LogP contribution in [0.2, 0.25) is 0 Å². The smallest absolute Gasteiger partial charge is 0.303 e. The van der Waals surface area contributed by atoms with Gasteiger partial charge in [0.25, 0.3) is 0 Å². The average molecular weight is 691 g/mol. The van der Waals surface area contributed by atoms with Gasteiger partial charge in [0.2, 0.25) is 5.88 Å². The molecule has 9 nitrogen and oxygen atoms in total. The number of carbonyl (C=O) groups is 1. The van der Waals surface area contributed by atoms with Gasteiger partial charge in [0.15, 0.2) is 11.5 Å². The minimum Gasteiger partial charge on any atom is -0.493 e. The van der Waals surface area contributed by atoms with Crippen molar-refractivity contribution >= 4 is 11.8 Å². The second-order valence-corrected chi connectivity index (χ2v) is 15.6. The SMILES string of the molecule is COc1cc(C(CC(=O)O)Cc2cc(OCCc3ccc4c(n3)NCCC4)n(C)n2)cc(C23CC4CC(CC(C4)C2)C3)c1OCc1ccccc1. The fourth-order valence-electron chi connectivity index (χ4n) is 10.0. The van der Waals surface area contributed by atoms with Crippen LogP contribution in [0.1, 0.15) is 90.9 Å². The number of methoxy groups -OCH3 is 1. The van der Waals surface area contributed by atoms with E-state index in [9.17, 15) is 9.90 Å². The summed E-state index contributed by atoms with van der Waals surface area (Å²) in [5, 5.41) is 18.3. The lowest BCUT2D eigenvalue weighted by Gasteiger charge is -2.57. The number of rotatable bonds is 14. The molecule has 4 bridgehead atoms. The lowest BCUT2D eigenvalue weighted by atomic mass is 9.48. The Morgan fingerprint density at radius 2 is 1.76 bits per heavy atom. The maximum absolute atomic E-state index is 12.4. The third kappa shape index (κ3) is 7.17. The molecule has 4 aromatic rings. The lowest BCUT2D eigenvalue weighted by molar-refractivity contribution is -0.137. The highest BCUT2D eigenvalue weighted by Crippen LogP contribution is 2.63. The second kappa shape index (κ2) is 14.2. The molecule has 3 heterocycles. The Morgan fingerprint density at radius 1 is 1.00 bits per heavy atom. The summed E-state index contributed by atoms with van der Waals surface area (Å²) < 4.78 is 20.7. The zero-order valence-corrected chi connectivity index (χ0v) is 29.9. The van der Waals surface area contributed by atoms with E-state index < -0.39 is 5.97 Å². The summed E-state index contributed by atoms with van der Waals surface area (Å²) in [7, 11) is 3.57. The third-order valence-electron chi connectivity index (χ3n) is 11.9. The van der Waals surface area contributed by atoms with Crippen LogP contribution in [0, 0.1) is 17.8 Å². The first-order valence-electron chi connectivity index (χ1n) is 18.8. The van der Waals surface area contributed by atoms with E-state index in [1.807, 2.05) is 37.4 Å². The zero-order chi connectivity index (χ0) is 35.0. The van der Waals surface area contributed by atoms with Crippen LogP contribution in [0.15, 0.2) is 60.7 Å². The van der Waals surface area contributed by atoms with Crippen LogP contribution in [0.5, 0.6) is 17.4 Å². The van der Waals surface area contributed by atoms with Gasteiger partial charge in [0, 0.05) is 43.3 Å². The van der Waals surface area contributed by atoms with Crippen molar-refractivity contribution < 1.29 is 24.1 Å². The van der Waals surface area contributed by atoms with Gasteiger partial charge in [-0.05, 0) is 110 Å². The number of pyridine rings is 1. The van der Waals surface area contributed by atoms with Crippen LogP contribution >= 0.6 is 0 Å². The third-order valence-corrected chi connectivity index (χ3v) is 11.9. The van der Waals surface area contributed by atoms with Gasteiger partial charge in [0.1, 0.15) is 12.4 Å². The van der Waals surface area contributed by atoms with Crippen LogP contribution in [-0.4, -0.2) is 46.1 Å². The van der Waals surface area contributed by atoms with E-state index in [2.05, 4.69) is 35.6 Å². The monoisotopic (exact) mass is 690 g/mol. The van der Waals surface area contributed by atoms with E-state index in [4.69, 9.17) is 24.3 Å². The predicted molar refractivity (Wildman–Crippen MR) is 196 cm³/mol. The van der Waals surface area contributed by atoms with Gasteiger partial charge >= 0.3 is 5.97 Å². The van der Waals surface area contributed by atoms with Gasteiger partial charge in [-0.2, -0.15) is 5.10 Å². The van der Waals surface area contributed by atoms with E-state index in [1.165, 1.54) is 30.4 Å². The van der Waals surface area contributed by atoms with Gasteiger partial charge < -0.3 is 24.6 Å². The minimum atomic E-state index is -0.834. The molecule has 51 heavy (non-hydrogen) atoms. The van der Waals surface area contributed by atoms with Crippen molar-refractivity contribution in [1.82, 2.24) is 14.8 Å². The fourth-order valence-corrected chi connectivity index (χ4v) is 10.0. The van der Waals surface area contributed by atoms with Crippen molar-refractivity contribution in [3.8, 4) is 17.4 Å². The molecule has 0 amide bonds. The van der Waals surface area contributed by atoms with Crippen molar-refractivity contribution in [3.63, 3.8) is 0 Å². The zero-order valence-electron chi connectivity index (χ0n) is 29.9. The first kappa shape index (κ1) is 33.6. The topological polar surface area (TPSA) is 108 Å². The van der Waals surface area contributed by atoms with E-state index >= 15 is 0 Å². The Morgan fingerprint density at radius 3 is 2.49 bits per heavy atom. The first-order chi connectivity index (χ1) is 24.8. The number of fused-ring (bicyclic) bond motifs is 1. The summed E-state index contributed by atoms with van der Waals surface area (Å²) >= 11 is 0. The highest BCUT2D eigenvalue weighted by Gasteiger charge is 2.53. The van der Waals surface area contributed by atoms with Crippen LogP contribution in [0.25, 0.3) is 0 Å². The number of nitrogens with zero attached hydrogens (tertiary/aromatic N) is 3. The number of carboxylic acids is 1. The number of anilines is 1. The fraction of sp³-hybridized carbons (Fsp3) is 0.500. The number of nitrogens with one attached hydrogen (secondary N) is 1. The first-order valence-corrected chi connectivity index (χ1v) is 18.8. The molecule has 0 saturated heterocycles. The summed E-state index contributed by atoms with van der Waals surface area (Å²) in [6.07, 6.45) is 10.8. The number of ether oxygens (including phenoxy) is 3. The summed E-state index contributed by atoms with van der Waals surface area (Å²) in [4.78, 5) is 17.2. The maximum Gasteiger partial charge on any atom is 0.303 e. The average Bonchev–Trinajstić information content (AvgIpc) is 3.47. The number of carboxylic acid groups (broad SMARTS) is 1. The van der Waals surface area contributed by atoms with Crippen LogP contribution < -0.4 is 19.5 Å². The minimum absolute atomic E-state index is 0.0154. The summed E-state index contributed by atoms with van der Waals surface area (Å²) in [5.74, 6) is 4.25. The van der Waals surface area contributed by atoms with Crippen molar-refractivity contribution in [1.29, 1.82) is 0 Å². The van der Waals surface area contributed by atoms with E-state index in [0.717, 1.165) is 90.5 Å². The lowest BCUT2D eigenvalue weighted by Crippen LogP contribution is -2.48. The Balaban J connectivity index is 1.06. The number of aromatic nitrogens is 3. The maximum atomic E-state index is 12.4. The molecular formula is C42H50N4O5. The molecule has 4 fully saturated rings. The molecule has 5 aliphatic rings.